The number of H-pyrrole nitrogens is 1. The number of pyridine rings is 1. The van der Waals surface area contributed by atoms with Gasteiger partial charge in [-0.1, -0.05) is 24.5 Å². The number of benzene rings is 1. The van der Waals surface area contributed by atoms with Gasteiger partial charge >= 0.3 is 0 Å². The first-order valence-corrected chi connectivity index (χ1v) is 10.5. The number of fused-ring (bicyclic) bond motifs is 1. The predicted molar refractivity (Wildman–Crippen MR) is 113 cm³/mol. The van der Waals surface area contributed by atoms with Gasteiger partial charge in [0.25, 0.3) is 5.56 Å². The van der Waals surface area contributed by atoms with Crippen molar-refractivity contribution < 1.29 is 4.79 Å². The number of aromatic amines is 1. The molecule has 0 spiro atoms. The summed E-state index contributed by atoms with van der Waals surface area (Å²) >= 11 is 0. The van der Waals surface area contributed by atoms with Crippen LogP contribution in [0.15, 0.2) is 41.5 Å². The van der Waals surface area contributed by atoms with Crippen LogP contribution < -0.4 is 5.56 Å². The Morgan fingerprint density at radius 3 is 2.83 bits per heavy atom. The second kappa shape index (κ2) is 7.17. The van der Waals surface area contributed by atoms with E-state index < -0.39 is 0 Å². The number of likely N-dealkylation sites (tertiary alicyclic amines) is 1. The third kappa shape index (κ3) is 3.37. The number of carbonyl (C=O) groups is 1. The van der Waals surface area contributed by atoms with Crippen molar-refractivity contribution in [3.8, 4) is 11.4 Å². The highest BCUT2D eigenvalue weighted by Gasteiger charge is 2.35. The molecule has 2 aromatic heterocycles. The second-order valence-corrected chi connectivity index (χ2v) is 8.56. The van der Waals surface area contributed by atoms with Crippen molar-refractivity contribution >= 4 is 16.8 Å². The average molecular weight is 390 g/mol. The molecule has 150 valence electrons. The van der Waals surface area contributed by atoms with Gasteiger partial charge in [0.2, 0.25) is 5.91 Å². The number of amides is 1. The average Bonchev–Trinajstić information content (AvgIpc) is 3.43. The molecule has 2 aliphatic rings. The second-order valence-electron chi connectivity index (χ2n) is 8.56. The zero-order valence-corrected chi connectivity index (χ0v) is 16.7. The molecule has 1 unspecified atom stereocenters. The third-order valence-corrected chi connectivity index (χ3v) is 6.42. The molecule has 6 nitrogen and oxygen atoms in total. The van der Waals surface area contributed by atoms with E-state index in [-0.39, 0.29) is 17.4 Å². The molecule has 3 aromatic rings. The maximum Gasteiger partial charge on any atom is 0.259 e. The molecule has 29 heavy (non-hydrogen) atoms. The predicted octanol–water partition coefficient (Wildman–Crippen LogP) is 3.49. The van der Waals surface area contributed by atoms with Crippen LogP contribution in [0.25, 0.3) is 22.3 Å². The first-order chi connectivity index (χ1) is 14.1. The van der Waals surface area contributed by atoms with E-state index >= 15 is 0 Å². The summed E-state index contributed by atoms with van der Waals surface area (Å²) in [4.78, 5) is 34.8. The van der Waals surface area contributed by atoms with Crippen LogP contribution in [0.4, 0.5) is 0 Å². The number of aryl methyl sites for hydroxylation is 1. The van der Waals surface area contributed by atoms with E-state index in [0.29, 0.717) is 30.4 Å². The fraction of sp³-hybridized carbons (Fsp3) is 0.435. The molecule has 0 radical (unpaired) electrons. The van der Waals surface area contributed by atoms with Crippen molar-refractivity contribution in [1.82, 2.24) is 19.4 Å². The Bertz CT molecular complexity index is 1120. The molecule has 1 N–H and O–H groups in total. The summed E-state index contributed by atoms with van der Waals surface area (Å²) in [5.74, 6) is 1.21. The molecule has 1 saturated carbocycles. The Balaban J connectivity index is 1.42. The lowest BCUT2D eigenvalue weighted by atomic mass is 10.1. The van der Waals surface area contributed by atoms with E-state index in [4.69, 9.17) is 0 Å². The third-order valence-electron chi connectivity index (χ3n) is 6.42. The summed E-state index contributed by atoms with van der Waals surface area (Å²) in [6, 6.07) is 8.35. The largest absolute Gasteiger partial charge is 0.339 e. The molecule has 1 aromatic carbocycles. The van der Waals surface area contributed by atoms with Crippen LogP contribution >= 0.6 is 0 Å². The number of carbonyl (C=O) groups excluding carboxylic acids is 1. The van der Waals surface area contributed by atoms with Crippen LogP contribution in [0.2, 0.25) is 0 Å². The van der Waals surface area contributed by atoms with Crippen molar-refractivity contribution in [1.29, 1.82) is 0 Å². The molecular formula is C23H26N4O2. The molecule has 1 amide bonds. The van der Waals surface area contributed by atoms with Gasteiger partial charge in [-0.15, -0.1) is 0 Å². The summed E-state index contributed by atoms with van der Waals surface area (Å²) in [6.07, 6.45) is 8.98. The van der Waals surface area contributed by atoms with Gasteiger partial charge in [-0.05, 0) is 43.4 Å². The summed E-state index contributed by atoms with van der Waals surface area (Å²) < 4.78 is 2.03. The zero-order valence-electron chi connectivity index (χ0n) is 16.7. The highest BCUT2D eigenvalue weighted by atomic mass is 16.2. The summed E-state index contributed by atoms with van der Waals surface area (Å²) in [5.41, 5.74) is 2.42. The number of nitrogens with one attached hydrogen (secondary N) is 1. The molecule has 1 atom stereocenters. The number of rotatable bonds is 4. The van der Waals surface area contributed by atoms with Crippen LogP contribution in [0.3, 0.4) is 0 Å². The summed E-state index contributed by atoms with van der Waals surface area (Å²) in [7, 11) is 0. The molecule has 6 heteroatoms. The maximum absolute atomic E-state index is 12.7. The van der Waals surface area contributed by atoms with Gasteiger partial charge < -0.3 is 14.5 Å². The van der Waals surface area contributed by atoms with Gasteiger partial charge in [0.15, 0.2) is 0 Å². The van der Waals surface area contributed by atoms with Crippen molar-refractivity contribution in [3.63, 3.8) is 0 Å². The lowest BCUT2D eigenvalue weighted by molar-refractivity contribution is -0.129. The van der Waals surface area contributed by atoms with Crippen LogP contribution in [0.1, 0.15) is 37.7 Å². The van der Waals surface area contributed by atoms with Crippen molar-refractivity contribution in [2.75, 3.05) is 6.54 Å². The Kier molecular flexibility index (Phi) is 4.49. The van der Waals surface area contributed by atoms with Gasteiger partial charge in [0.05, 0.1) is 5.56 Å². The molecule has 1 aliphatic carbocycles. The normalized spacial score (nSPS) is 20.2. The van der Waals surface area contributed by atoms with Crippen LogP contribution in [-0.2, 0) is 11.3 Å². The Hall–Kier alpha value is -2.89. The van der Waals surface area contributed by atoms with E-state index in [9.17, 15) is 9.59 Å². The number of aromatic nitrogens is 3. The minimum atomic E-state index is -0.135. The lowest BCUT2D eigenvalue weighted by Crippen LogP contribution is -2.34. The molecular weight excluding hydrogens is 364 g/mol. The molecule has 2 fully saturated rings. The van der Waals surface area contributed by atoms with Crippen LogP contribution in [0.5, 0.6) is 0 Å². The van der Waals surface area contributed by atoms with Gasteiger partial charge in [0, 0.05) is 49.4 Å². The first kappa shape index (κ1) is 18.2. The zero-order chi connectivity index (χ0) is 20.0. The highest BCUT2D eigenvalue weighted by Crippen LogP contribution is 2.30. The van der Waals surface area contributed by atoms with Crippen molar-refractivity contribution in [3.05, 3.63) is 52.6 Å². The summed E-state index contributed by atoms with van der Waals surface area (Å²) in [6.45, 7) is 3.56. The molecule has 0 bridgehead atoms. The monoisotopic (exact) mass is 390 g/mol. The SMILES string of the molecule is Cc1ccc2[nH]c(=O)c(-c3nccn3CC3CC(=O)N(C4CCCC4)C3)cc2c1. The van der Waals surface area contributed by atoms with E-state index in [1.54, 1.807) is 6.20 Å². The molecule has 3 heterocycles. The molecule has 1 saturated heterocycles. The molecule has 5 rings (SSSR count). The first-order valence-electron chi connectivity index (χ1n) is 10.5. The Morgan fingerprint density at radius 1 is 1.17 bits per heavy atom. The van der Waals surface area contributed by atoms with Crippen molar-refractivity contribution in [2.24, 2.45) is 5.92 Å². The van der Waals surface area contributed by atoms with E-state index in [2.05, 4.69) is 20.9 Å². The molecule has 1 aliphatic heterocycles. The standard InChI is InChI=1S/C23H26N4O2/c1-15-6-7-20-17(10-15)12-19(23(29)25-20)22-24-8-9-26(22)13-16-11-21(28)27(14-16)18-4-2-3-5-18/h6-10,12,16,18H,2-5,11,13-14H2,1H3,(H,25,29). The minimum Gasteiger partial charge on any atom is -0.339 e. The number of hydrogen-bond acceptors (Lipinski definition) is 3. The van der Waals surface area contributed by atoms with Gasteiger partial charge in [0.1, 0.15) is 5.82 Å². The number of imidazole rings is 1. The summed E-state index contributed by atoms with van der Waals surface area (Å²) in [5, 5.41) is 0.998. The smallest absolute Gasteiger partial charge is 0.259 e. The number of hydrogen-bond donors (Lipinski definition) is 1. The topological polar surface area (TPSA) is 71.0 Å². The van der Waals surface area contributed by atoms with E-state index in [0.717, 1.165) is 35.9 Å². The minimum absolute atomic E-state index is 0.135. The van der Waals surface area contributed by atoms with E-state index in [1.807, 2.05) is 35.9 Å². The maximum atomic E-state index is 12.7. The van der Waals surface area contributed by atoms with Crippen LogP contribution in [0, 0.1) is 12.8 Å². The Morgan fingerprint density at radius 2 is 2.00 bits per heavy atom. The van der Waals surface area contributed by atoms with Crippen molar-refractivity contribution in [2.45, 2.75) is 51.6 Å². The van der Waals surface area contributed by atoms with E-state index in [1.165, 1.54) is 12.8 Å². The van der Waals surface area contributed by atoms with Gasteiger partial charge in [-0.3, -0.25) is 9.59 Å². The quantitative estimate of drug-likeness (QED) is 0.741. The van der Waals surface area contributed by atoms with Gasteiger partial charge in [-0.2, -0.15) is 0 Å². The highest BCUT2D eigenvalue weighted by molar-refractivity contribution is 5.83. The fourth-order valence-corrected chi connectivity index (χ4v) is 4.97. The Labute approximate surface area is 169 Å². The van der Waals surface area contributed by atoms with Crippen LogP contribution in [-0.4, -0.2) is 37.9 Å². The fourth-order valence-electron chi connectivity index (χ4n) is 4.97. The number of nitrogens with zero attached hydrogens (tertiary/aromatic N) is 3. The van der Waals surface area contributed by atoms with Gasteiger partial charge in [-0.25, -0.2) is 4.98 Å². The lowest BCUT2D eigenvalue weighted by Gasteiger charge is -2.24.